The first-order valence-corrected chi connectivity index (χ1v) is 17.2. The molecule has 230 valence electrons. The average Bonchev–Trinajstić information content (AvgIpc) is 3.73. The van der Waals surface area contributed by atoms with E-state index in [1.807, 2.05) is 0 Å². The van der Waals surface area contributed by atoms with Crippen molar-refractivity contribution in [2.24, 2.45) is 0 Å². The molecule has 2 nitrogen and oxygen atoms in total. The van der Waals surface area contributed by atoms with Crippen molar-refractivity contribution in [2.45, 2.75) is 24.7 Å². The second kappa shape index (κ2) is 9.12. The average molecular weight is 625 g/mol. The number of fused-ring (bicyclic) bond motifs is 15. The van der Waals surface area contributed by atoms with E-state index < -0.39 is 5.41 Å². The summed E-state index contributed by atoms with van der Waals surface area (Å²) in [7, 11) is 0. The molecule has 1 N–H and O–H groups in total. The van der Waals surface area contributed by atoms with Crippen LogP contribution in [-0.2, 0) is 10.8 Å². The minimum absolute atomic E-state index is 0.0639. The fraction of sp³-hybridized carbons (Fsp3) is 0.0851. The summed E-state index contributed by atoms with van der Waals surface area (Å²) in [6.45, 7) is 4.70. The maximum absolute atomic E-state index is 8.59. The van der Waals surface area contributed by atoms with Crippen molar-refractivity contribution >= 4 is 28.0 Å². The van der Waals surface area contributed by atoms with Crippen LogP contribution < -0.4 is 0 Å². The molecule has 3 aliphatic rings. The van der Waals surface area contributed by atoms with Crippen molar-refractivity contribution in [2.75, 3.05) is 0 Å². The molecule has 0 bridgehead atoms. The Kier molecular flexibility index (Phi) is 5.03. The Bertz CT molecular complexity index is 2780. The van der Waals surface area contributed by atoms with E-state index in [2.05, 4.69) is 164 Å². The van der Waals surface area contributed by atoms with Crippen LogP contribution in [0.1, 0.15) is 52.8 Å². The molecular formula is C47H32N2. The van der Waals surface area contributed by atoms with Crippen molar-refractivity contribution < 1.29 is 0 Å². The lowest BCUT2D eigenvalue weighted by atomic mass is 9.65. The lowest BCUT2D eigenvalue weighted by Crippen LogP contribution is -2.33. The topological polar surface area (TPSA) is 28.8 Å². The normalized spacial score (nSPS) is 17.1. The number of benzene rings is 7. The van der Waals surface area contributed by atoms with Crippen LogP contribution in [0.4, 0.5) is 0 Å². The number of nitrogens with zero attached hydrogens (tertiary/aromatic N) is 1. The Morgan fingerprint density at radius 2 is 1.18 bits per heavy atom. The lowest BCUT2D eigenvalue weighted by molar-refractivity contribution is 0.660. The minimum atomic E-state index is -0.524. The monoisotopic (exact) mass is 624 g/mol. The molecule has 1 unspecified atom stereocenters. The smallest absolute Gasteiger partial charge is 0.0754 e. The van der Waals surface area contributed by atoms with Gasteiger partial charge in [-0.15, -0.1) is 0 Å². The molecule has 0 saturated heterocycles. The molecule has 49 heavy (non-hydrogen) atoms. The van der Waals surface area contributed by atoms with Gasteiger partial charge in [0.15, 0.2) is 0 Å². The van der Waals surface area contributed by atoms with E-state index in [0.29, 0.717) is 0 Å². The Balaban J connectivity index is 1.22. The van der Waals surface area contributed by atoms with Gasteiger partial charge in [0.05, 0.1) is 22.1 Å². The fourth-order valence-electron chi connectivity index (χ4n) is 9.87. The van der Waals surface area contributed by atoms with Crippen molar-refractivity contribution in [1.29, 1.82) is 5.41 Å². The van der Waals surface area contributed by atoms with Crippen LogP contribution >= 0.6 is 0 Å². The molecule has 1 atom stereocenters. The van der Waals surface area contributed by atoms with Gasteiger partial charge in [0, 0.05) is 28.0 Å². The van der Waals surface area contributed by atoms with Gasteiger partial charge in [-0.05, 0) is 91.0 Å². The van der Waals surface area contributed by atoms with Gasteiger partial charge in [0.1, 0.15) is 0 Å². The first-order chi connectivity index (χ1) is 24.0. The first kappa shape index (κ1) is 27.0. The van der Waals surface area contributed by atoms with Crippen LogP contribution in [0.15, 0.2) is 146 Å². The summed E-state index contributed by atoms with van der Waals surface area (Å²) in [4.78, 5) is 0. The molecular weight excluding hydrogens is 593 g/mol. The molecule has 7 aromatic carbocycles. The summed E-state index contributed by atoms with van der Waals surface area (Å²) in [5, 5.41) is 11.1. The van der Waals surface area contributed by atoms with Crippen LogP contribution in [0.5, 0.6) is 0 Å². The maximum Gasteiger partial charge on any atom is 0.0754 e. The summed E-state index contributed by atoms with van der Waals surface area (Å²) in [5.74, 6) is 0. The molecule has 1 spiro atoms. The third kappa shape index (κ3) is 3.11. The molecule has 1 aromatic heterocycles. The Morgan fingerprint density at radius 1 is 0.510 bits per heavy atom. The van der Waals surface area contributed by atoms with Crippen LogP contribution in [0.2, 0.25) is 0 Å². The van der Waals surface area contributed by atoms with Crippen LogP contribution in [0.3, 0.4) is 0 Å². The number of nitrogens with one attached hydrogen (secondary N) is 1. The zero-order chi connectivity index (χ0) is 32.6. The summed E-state index contributed by atoms with van der Waals surface area (Å²) >= 11 is 0. The molecule has 0 fully saturated rings. The second-order valence-electron chi connectivity index (χ2n) is 14.4. The first-order valence-electron chi connectivity index (χ1n) is 17.2. The van der Waals surface area contributed by atoms with Gasteiger partial charge in [0.25, 0.3) is 0 Å². The molecule has 8 aromatic rings. The zero-order valence-electron chi connectivity index (χ0n) is 27.4. The second-order valence-corrected chi connectivity index (χ2v) is 14.4. The van der Waals surface area contributed by atoms with Gasteiger partial charge >= 0.3 is 0 Å². The van der Waals surface area contributed by atoms with E-state index in [1.54, 1.807) is 0 Å². The van der Waals surface area contributed by atoms with Crippen LogP contribution in [0, 0.1) is 5.41 Å². The highest BCUT2D eigenvalue weighted by Crippen LogP contribution is 2.62. The van der Waals surface area contributed by atoms with Gasteiger partial charge in [-0.1, -0.05) is 135 Å². The molecule has 1 aliphatic heterocycles. The van der Waals surface area contributed by atoms with Gasteiger partial charge in [0.2, 0.25) is 0 Å². The molecule has 2 aliphatic carbocycles. The molecule has 2 heteroatoms. The molecule has 11 rings (SSSR count). The molecule has 2 heterocycles. The fourth-order valence-corrected chi connectivity index (χ4v) is 9.87. The standard InChI is InChI=1S/C47H32N2/c1-46(2)36-15-5-3-12-31(36)32-23-21-29(26-41(32)46)28-22-24-37-35(25-28)44-30(27-48)11-9-17-39(44)47(37)38-16-6-8-20-43(38)49-42-19-7-4-13-33(42)34-14-10-18-40(47)45(34)49/h3-27,48H,1-2H3. The van der Waals surface area contributed by atoms with Crippen molar-refractivity contribution in [3.05, 3.63) is 185 Å². The minimum Gasteiger partial charge on any atom is -0.309 e. The van der Waals surface area contributed by atoms with Gasteiger partial charge < -0.3 is 9.98 Å². The van der Waals surface area contributed by atoms with E-state index in [-0.39, 0.29) is 5.41 Å². The van der Waals surface area contributed by atoms with E-state index in [0.717, 1.165) is 5.56 Å². The highest BCUT2D eigenvalue weighted by atomic mass is 15.0. The number of para-hydroxylation sites is 3. The predicted molar refractivity (Wildman–Crippen MR) is 203 cm³/mol. The van der Waals surface area contributed by atoms with Crippen LogP contribution in [0.25, 0.3) is 60.9 Å². The Morgan fingerprint density at radius 3 is 2.08 bits per heavy atom. The van der Waals surface area contributed by atoms with Gasteiger partial charge in [-0.3, -0.25) is 0 Å². The zero-order valence-corrected chi connectivity index (χ0v) is 27.4. The van der Waals surface area contributed by atoms with E-state index in [1.165, 1.54) is 100 Å². The SMILES string of the molecule is CC1(C)c2ccccc2-c2ccc(-c3ccc4c(c3)-c3c(C=N)cccc3C43c4ccccc4-n4c5ccccc5c5cccc3c54)cc21. The van der Waals surface area contributed by atoms with E-state index in [9.17, 15) is 0 Å². The summed E-state index contributed by atoms with van der Waals surface area (Å²) in [6, 6.07) is 54.2. The van der Waals surface area contributed by atoms with Crippen molar-refractivity contribution in [3.8, 4) is 39.1 Å². The highest BCUT2D eigenvalue weighted by molar-refractivity contribution is 6.13. The van der Waals surface area contributed by atoms with Gasteiger partial charge in [-0.25, -0.2) is 0 Å². The number of hydrogen-bond donors (Lipinski definition) is 1. The lowest BCUT2D eigenvalue weighted by Gasteiger charge is -2.39. The maximum atomic E-state index is 8.59. The van der Waals surface area contributed by atoms with Crippen LogP contribution in [-0.4, -0.2) is 10.8 Å². The summed E-state index contributed by atoms with van der Waals surface area (Å²) in [6.07, 6.45) is 1.54. The summed E-state index contributed by atoms with van der Waals surface area (Å²) < 4.78 is 2.48. The number of rotatable bonds is 2. The molecule has 0 saturated carbocycles. The highest BCUT2D eigenvalue weighted by Gasteiger charge is 2.51. The number of aromatic nitrogens is 1. The third-order valence-electron chi connectivity index (χ3n) is 11.9. The molecule has 0 amide bonds. The Hall–Kier alpha value is -5.99. The van der Waals surface area contributed by atoms with Crippen molar-refractivity contribution in [1.82, 2.24) is 4.57 Å². The third-order valence-corrected chi connectivity index (χ3v) is 11.9. The van der Waals surface area contributed by atoms with Gasteiger partial charge in [-0.2, -0.15) is 0 Å². The largest absolute Gasteiger partial charge is 0.309 e. The van der Waals surface area contributed by atoms with Crippen molar-refractivity contribution in [3.63, 3.8) is 0 Å². The quantitative estimate of drug-likeness (QED) is 0.185. The number of hydrogen-bond acceptors (Lipinski definition) is 1. The van der Waals surface area contributed by atoms with E-state index >= 15 is 0 Å². The molecule has 0 radical (unpaired) electrons. The Labute approximate surface area is 285 Å². The summed E-state index contributed by atoms with van der Waals surface area (Å²) in [5.41, 5.74) is 19.5. The van der Waals surface area contributed by atoms with E-state index in [4.69, 9.17) is 5.41 Å². The predicted octanol–water partition coefficient (Wildman–Crippen LogP) is 11.4.